The first-order chi connectivity index (χ1) is 27.2. The molecule has 1 aromatic heterocycles. The summed E-state index contributed by atoms with van der Waals surface area (Å²) in [4.78, 5) is 51.5. The van der Waals surface area contributed by atoms with Crippen molar-refractivity contribution in [3.05, 3.63) is 83.4 Å². The van der Waals surface area contributed by atoms with Crippen LogP contribution in [0.3, 0.4) is 0 Å². The Hall–Kier alpha value is -5.71. The smallest absolute Gasteiger partial charge is 0.404 e. The number of nitrogens with zero attached hydrogens (tertiary/aromatic N) is 3. The zero-order valence-electron chi connectivity index (χ0n) is 31.7. The Morgan fingerprint density at radius 1 is 0.875 bits per heavy atom. The number of aryl methyl sites for hydroxylation is 1. The van der Waals surface area contributed by atoms with Crippen LogP contribution < -0.4 is 21.3 Å². The van der Waals surface area contributed by atoms with Crippen LogP contribution in [0.4, 0.5) is 10.5 Å². The summed E-state index contributed by atoms with van der Waals surface area (Å²) in [7, 11) is 1.62. The van der Waals surface area contributed by atoms with Gasteiger partial charge in [-0.2, -0.15) is 0 Å². The minimum atomic E-state index is -1.06. The van der Waals surface area contributed by atoms with Gasteiger partial charge in [0.25, 0.3) is 5.91 Å². The summed E-state index contributed by atoms with van der Waals surface area (Å²) in [5, 5.41) is 34.1. The maximum Gasteiger partial charge on any atom is 0.404 e. The van der Waals surface area contributed by atoms with Crippen LogP contribution in [0.25, 0.3) is 22.5 Å². The van der Waals surface area contributed by atoms with Gasteiger partial charge in [0.1, 0.15) is 6.04 Å². The lowest BCUT2D eigenvalue weighted by Gasteiger charge is -2.29. The molecule has 0 saturated heterocycles. The number of anilines is 1. The number of nitrogens with one attached hydrogen (secondary N) is 5. The van der Waals surface area contributed by atoms with Crippen LogP contribution in [0.15, 0.2) is 66.7 Å². The molecule has 1 fully saturated rings. The van der Waals surface area contributed by atoms with Crippen molar-refractivity contribution in [1.82, 2.24) is 36.6 Å². The number of benzene rings is 3. The van der Waals surface area contributed by atoms with Crippen molar-refractivity contribution in [3.8, 4) is 22.5 Å². The fraction of sp³-hybridized carbons (Fsp3) is 0.425. The van der Waals surface area contributed by atoms with Gasteiger partial charge in [0, 0.05) is 49.4 Å². The zero-order chi connectivity index (χ0) is 39.7. The number of H-pyrrole nitrogens is 1. The van der Waals surface area contributed by atoms with Crippen molar-refractivity contribution in [2.75, 3.05) is 58.6 Å². The first-order valence-corrected chi connectivity index (χ1v) is 18.7. The van der Waals surface area contributed by atoms with E-state index in [1.54, 1.807) is 37.4 Å². The molecule has 0 aliphatic heterocycles. The van der Waals surface area contributed by atoms with Gasteiger partial charge in [-0.1, -0.05) is 30.3 Å². The number of rotatable bonds is 20. The van der Waals surface area contributed by atoms with Crippen LogP contribution in [-0.4, -0.2) is 109 Å². The summed E-state index contributed by atoms with van der Waals surface area (Å²) < 4.78 is 15.9. The maximum absolute atomic E-state index is 13.9. The molecule has 5 rings (SSSR count). The topological polar surface area (TPSA) is 219 Å². The molecule has 0 spiro atoms. The zero-order valence-corrected chi connectivity index (χ0v) is 31.7. The predicted molar refractivity (Wildman–Crippen MR) is 208 cm³/mol. The van der Waals surface area contributed by atoms with E-state index in [1.165, 1.54) is 0 Å². The van der Waals surface area contributed by atoms with Gasteiger partial charge in [-0.25, -0.2) is 9.89 Å². The summed E-state index contributed by atoms with van der Waals surface area (Å²) in [6.07, 6.45) is 1.76. The van der Waals surface area contributed by atoms with E-state index in [0.717, 1.165) is 27.8 Å². The average molecular weight is 771 g/mol. The van der Waals surface area contributed by atoms with Crippen LogP contribution in [0.5, 0.6) is 0 Å². The molecule has 1 atom stereocenters. The van der Waals surface area contributed by atoms with Gasteiger partial charge in [0.05, 0.1) is 33.0 Å². The molecule has 1 heterocycles. The monoisotopic (exact) mass is 770 g/mol. The number of methoxy groups -OCH3 is 1. The highest BCUT2D eigenvalue weighted by atomic mass is 16.5. The number of hydrogen-bond donors (Lipinski definition) is 6. The quantitative estimate of drug-likeness (QED) is 0.0706. The van der Waals surface area contributed by atoms with E-state index < -0.39 is 12.1 Å². The first-order valence-electron chi connectivity index (χ1n) is 18.7. The molecule has 6 N–H and O–H groups in total. The minimum absolute atomic E-state index is 0.163. The van der Waals surface area contributed by atoms with E-state index in [-0.39, 0.29) is 36.0 Å². The summed E-state index contributed by atoms with van der Waals surface area (Å²) in [6, 6.07) is 19.4. The number of aromatic amines is 1. The molecular formula is C40H50N8O8. The largest absolute Gasteiger partial charge is 0.465 e. The maximum atomic E-state index is 13.9. The van der Waals surface area contributed by atoms with Crippen LogP contribution in [0, 0.1) is 18.8 Å². The van der Waals surface area contributed by atoms with E-state index in [9.17, 15) is 19.2 Å². The van der Waals surface area contributed by atoms with Gasteiger partial charge in [-0.05, 0) is 108 Å². The Morgan fingerprint density at radius 2 is 1.62 bits per heavy atom. The Bertz CT molecular complexity index is 1880. The standard InChI is InChI=1S/C40H50N8O8/c1-26-6-7-28(22-34(26)31-4-3-5-32(24-31)37(49)41-16-17-55-20-21-56-19-18-54-2)23-35(44-38(50)30-10-8-27(9-11-30)25-42-40(52)53)39(51)43-33-14-12-29(13-15-33)36-45-47-48-46-36/h3-7,12-15,22,24,27,30,35,42H,8-11,16-21,23,25H2,1-2H3,(H,41,49)(H,43,51)(H,44,50)(H,52,53)(H,45,46,47,48)/t27-,30-,35-/m0/s1. The summed E-state index contributed by atoms with van der Waals surface area (Å²) in [6.45, 7) is 4.92. The average Bonchev–Trinajstić information content (AvgIpc) is 3.76. The van der Waals surface area contributed by atoms with Crippen molar-refractivity contribution >= 4 is 29.5 Å². The SMILES string of the molecule is COCCOCCOCCNC(=O)c1cccc(-c2cc(C[C@H](NC(=O)[C@H]3CC[C@H](CNC(=O)O)CC3)C(=O)Nc3ccc(-c4nnn[nH]4)cc3)ccc2C)c1. The molecule has 56 heavy (non-hydrogen) atoms. The molecule has 1 aliphatic rings. The highest BCUT2D eigenvalue weighted by Gasteiger charge is 2.30. The number of amides is 4. The molecule has 1 saturated carbocycles. The second-order valence-corrected chi connectivity index (χ2v) is 13.7. The van der Waals surface area contributed by atoms with E-state index >= 15 is 0 Å². The lowest BCUT2D eigenvalue weighted by Crippen LogP contribution is -2.48. The van der Waals surface area contributed by atoms with Gasteiger partial charge in [0.2, 0.25) is 11.8 Å². The van der Waals surface area contributed by atoms with Crippen molar-refractivity contribution < 1.29 is 38.5 Å². The number of ether oxygens (including phenoxy) is 3. The van der Waals surface area contributed by atoms with Crippen molar-refractivity contribution in [2.45, 2.75) is 45.1 Å². The fourth-order valence-electron chi connectivity index (χ4n) is 6.56. The molecule has 4 amide bonds. The first kappa shape index (κ1) is 41.5. The third kappa shape index (κ3) is 12.7. The second kappa shape index (κ2) is 21.4. The van der Waals surface area contributed by atoms with Gasteiger partial charge in [-0.15, -0.1) is 5.10 Å². The predicted octanol–water partition coefficient (Wildman–Crippen LogP) is 3.99. The van der Waals surface area contributed by atoms with Gasteiger partial charge >= 0.3 is 6.09 Å². The molecule has 16 nitrogen and oxygen atoms in total. The third-order valence-corrected chi connectivity index (χ3v) is 9.68. The Morgan fingerprint density at radius 3 is 2.34 bits per heavy atom. The fourth-order valence-corrected chi connectivity index (χ4v) is 6.56. The minimum Gasteiger partial charge on any atom is -0.465 e. The normalized spacial score (nSPS) is 15.8. The Kier molecular flexibility index (Phi) is 15.8. The highest BCUT2D eigenvalue weighted by Crippen LogP contribution is 2.30. The molecule has 0 radical (unpaired) electrons. The van der Waals surface area contributed by atoms with Crippen LogP contribution >= 0.6 is 0 Å². The summed E-state index contributed by atoms with van der Waals surface area (Å²) >= 11 is 0. The van der Waals surface area contributed by atoms with Crippen molar-refractivity contribution in [1.29, 1.82) is 0 Å². The van der Waals surface area contributed by atoms with Gasteiger partial charge in [0.15, 0.2) is 5.82 Å². The van der Waals surface area contributed by atoms with Crippen molar-refractivity contribution in [2.24, 2.45) is 11.8 Å². The van der Waals surface area contributed by atoms with E-state index in [0.29, 0.717) is 88.9 Å². The van der Waals surface area contributed by atoms with Crippen LogP contribution in [0.2, 0.25) is 0 Å². The highest BCUT2D eigenvalue weighted by molar-refractivity contribution is 5.98. The molecule has 16 heteroatoms. The number of tetrazole rings is 1. The van der Waals surface area contributed by atoms with Crippen molar-refractivity contribution in [3.63, 3.8) is 0 Å². The lowest BCUT2D eigenvalue weighted by molar-refractivity contribution is -0.130. The Labute approximate surface area is 325 Å². The number of carboxylic acid groups (broad SMARTS) is 1. The molecule has 0 bridgehead atoms. The third-order valence-electron chi connectivity index (χ3n) is 9.68. The molecule has 298 valence electrons. The summed E-state index contributed by atoms with van der Waals surface area (Å²) in [5.41, 5.74) is 5.31. The number of hydrogen-bond acceptors (Lipinski definition) is 10. The number of carbonyl (C=O) groups excluding carboxylic acids is 3. The lowest BCUT2D eigenvalue weighted by atomic mass is 9.81. The molecule has 0 unspecified atom stereocenters. The van der Waals surface area contributed by atoms with Gasteiger partial charge in [-0.3, -0.25) is 14.4 Å². The van der Waals surface area contributed by atoms with Crippen LogP contribution in [-0.2, 0) is 30.2 Å². The second-order valence-electron chi connectivity index (χ2n) is 13.7. The number of carbonyl (C=O) groups is 4. The van der Waals surface area contributed by atoms with E-state index in [4.69, 9.17) is 19.3 Å². The summed E-state index contributed by atoms with van der Waals surface area (Å²) in [5.74, 6) is -0.460. The van der Waals surface area contributed by atoms with E-state index in [1.807, 2.05) is 43.3 Å². The Balaban J connectivity index is 1.25. The van der Waals surface area contributed by atoms with Gasteiger partial charge < -0.3 is 40.6 Å². The molecule has 3 aromatic carbocycles. The van der Waals surface area contributed by atoms with Crippen LogP contribution in [0.1, 0.15) is 47.2 Å². The number of aromatic nitrogens is 4. The molecule has 1 aliphatic carbocycles. The molecular weight excluding hydrogens is 720 g/mol. The molecule has 4 aromatic rings. The van der Waals surface area contributed by atoms with E-state index in [2.05, 4.69) is 41.9 Å².